The lowest BCUT2D eigenvalue weighted by atomic mass is 9.92. The lowest BCUT2D eigenvalue weighted by Crippen LogP contribution is -2.29. The number of hydrogen-bond acceptors (Lipinski definition) is 2. The van der Waals surface area contributed by atoms with Gasteiger partial charge in [0.2, 0.25) is 0 Å². The Morgan fingerprint density at radius 1 is 1.29 bits per heavy atom. The van der Waals surface area contributed by atoms with E-state index in [9.17, 15) is 13.9 Å². The van der Waals surface area contributed by atoms with Crippen LogP contribution in [0.5, 0.6) is 0 Å². The van der Waals surface area contributed by atoms with Crippen LogP contribution in [0.4, 0.5) is 8.78 Å². The van der Waals surface area contributed by atoms with Crippen molar-refractivity contribution in [1.29, 1.82) is 0 Å². The highest BCUT2D eigenvalue weighted by Gasteiger charge is 2.27. The SMILES string of the molecule is CCCNCCC(C)(O)c1cccc(F)c1F. The van der Waals surface area contributed by atoms with Gasteiger partial charge in [-0.2, -0.15) is 0 Å². The highest BCUT2D eigenvalue weighted by atomic mass is 19.2. The van der Waals surface area contributed by atoms with Crippen LogP contribution < -0.4 is 5.32 Å². The molecule has 0 bridgehead atoms. The fraction of sp³-hybridized carbons (Fsp3) is 0.538. The third-order valence-corrected chi connectivity index (χ3v) is 2.75. The number of aliphatic hydroxyl groups is 1. The van der Waals surface area contributed by atoms with Crippen LogP contribution in [-0.2, 0) is 5.60 Å². The Balaban J connectivity index is 2.71. The zero-order valence-electron chi connectivity index (χ0n) is 10.3. The van der Waals surface area contributed by atoms with E-state index in [2.05, 4.69) is 5.32 Å². The van der Waals surface area contributed by atoms with Crippen LogP contribution in [0.2, 0.25) is 0 Å². The smallest absolute Gasteiger partial charge is 0.164 e. The zero-order valence-corrected chi connectivity index (χ0v) is 10.3. The molecular formula is C13H19F2NO. The second-order valence-electron chi connectivity index (χ2n) is 4.38. The molecule has 1 rings (SSSR count). The fourth-order valence-corrected chi connectivity index (χ4v) is 1.69. The van der Waals surface area contributed by atoms with Gasteiger partial charge in [0.05, 0.1) is 5.60 Å². The van der Waals surface area contributed by atoms with Gasteiger partial charge in [-0.1, -0.05) is 19.1 Å². The summed E-state index contributed by atoms with van der Waals surface area (Å²) in [5.74, 6) is -1.89. The first kappa shape index (κ1) is 14.1. The molecule has 0 fully saturated rings. The molecule has 1 aromatic rings. The number of rotatable bonds is 6. The molecular weight excluding hydrogens is 224 g/mol. The quantitative estimate of drug-likeness (QED) is 0.753. The molecule has 0 saturated carbocycles. The lowest BCUT2D eigenvalue weighted by molar-refractivity contribution is 0.0437. The minimum Gasteiger partial charge on any atom is -0.385 e. The van der Waals surface area contributed by atoms with E-state index in [0.717, 1.165) is 19.0 Å². The fourth-order valence-electron chi connectivity index (χ4n) is 1.69. The van der Waals surface area contributed by atoms with Gasteiger partial charge in [-0.05, 0) is 38.9 Å². The molecule has 0 aliphatic heterocycles. The summed E-state index contributed by atoms with van der Waals surface area (Å²) in [6.45, 7) is 4.95. The second-order valence-corrected chi connectivity index (χ2v) is 4.38. The average Bonchev–Trinajstić information content (AvgIpc) is 2.28. The van der Waals surface area contributed by atoms with Crippen molar-refractivity contribution >= 4 is 0 Å². The van der Waals surface area contributed by atoms with E-state index in [1.54, 1.807) is 0 Å². The van der Waals surface area contributed by atoms with Gasteiger partial charge in [-0.15, -0.1) is 0 Å². The molecule has 0 heterocycles. The zero-order chi connectivity index (χ0) is 12.9. The maximum absolute atomic E-state index is 13.5. The highest BCUT2D eigenvalue weighted by Crippen LogP contribution is 2.27. The number of halogens is 2. The van der Waals surface area contributed by atoms with Gasteiger partial charge < -0.3 is 10.4 Å². The van der Waals surface area contributed by atoms with Crippen molar-refractivity contribution in [3.05, 3.63) is 35.4 Å². The van der Waals surface area contributed by atoms with Gasteiger partial charge >= 0.3 is 0 Å². The largest absolute Gasteiger partial charge is 0.385 e. The minimum atomic E-state index is -1.35. The van der Waals surface area contributed by atoms with Crippen molar-refractivity contribution in [2.45, 2.75) is 32.3 Å². The van der Waals surface area contributed by atoms with E-state index >= 15 is 0 Å². The monoisotopic (exact) mass is 243 g/mol. The summed E-state index contributed by atoms with van der Waals surface area (Å²) in [5.41, 5.74) is -1.34. The minimum absolute atomic E-state index is 0.01000. The normalized spacial score (nSPS) is 14.6. The van der Waals surface area contributed by atoms with Gasteiger partial charge in [0.25, 0.3) is 0 Å². The summed E-state index contributed by atoms with van der Waals surface area (Å²) in [6.07, 6.45) is 1.34. The molecule has 0 aliphatic carbocycles. The molecule has 0 aliphatic rings. The van der Waals surface area contributed by atoms with Crippen LogP contribution in [0.3, 0.4) is 0 Å². The van der Waals surface area contributed by atoms with Crippen LogP contribution in [0.25, 0.3) is 0 Å². The van der Waals surface area contributed by atoms with Crippen LogP contribution in [-0.4, -0.2) is 18.2 Å². The summed E-state index contributed by atoms with van der Waals surface area (Å²) in [7, 11) is 0. The van der Waals surface area contributed by atoms with Gasteiger partial charge in [0, 0.05) is 5.56 Å². The molecule has 4 heteroatoms. The van der Waals surface area contributed by atoms with E-state index in [0.29, 0.717) is 13.0 Å². The molecule has 2 nitrogen and oxygen atoms in total. The lowest BCUT2D eigenvalue weighted by Gasteiger charge is -2.24. The van der Waals surface area contributed by atoms with E-state index in [1.807, 2.05) is 6.92 Å². The van der Waals surface area contributed by atoms with Crippen molar-refractivity contribution in [1.82, 2.24) is 5.32 Å². The first-order chi connectivity index (χ1) is 7.99. The van der Waals surface area contributed by atoms with E-state index < -0.39 is 17.2 Å². The molecule has 0 saturated heterocycles. The van der Waals surface area contributed by atoms with Crippen LogP contribution in [0.1, 0.15) is 32.3 Å². The maximum Gasteiger partial charge on any atom is 0.164 e. The van der Waals surface area contributed by atoms with Crippen LogP contribution >= 0.6 is 0 Å². The summed E-state index contributed by atoms with van der Waals surface area (Å²) in [6, 6.07) is 3.87. The average molecular weight is 243 g/mol. The first-order valence-corrected chi connectivity index (χ1v) is 5.86. The van der Waals surface area contributed by atoms with Crippen molar-refractivity contribution < 1.29 is 13.9 Å². The highest BCUT2D eigenvalue weighted by molar-refractivity contribution is 5.24. The predicted octanol–water partition coefficient (Wildman–Crippen LogP) is 2.56. The van der Waals surface area contributed by atoms with Crippen LogP contribution in [0, 0.1) is 11.6 Å². The molecule has 0 amide bonds. The Bertz CT molecular complexity index is 366. The summed E-state index contributed by atoms with van der Waals surface area (Å²) < 4.78 is 26.6. The molecule has 17 heavy (non-hydrogen) atoms. The van der Waals surface area contributed by atoms with Gasteiger partial charge in [0.15, 0.2) is 11.6 Å². The Morgan fingerprint density at radius 2 is 2.00 bits per heavy atom. The number of benzene rings is 1. The van der Waals surface area contributed by atoms with Gasteiger partial charge in [0.1, 0.15) is 0 Å². The summed E-state index contributed by atoms with van der Waals surface area (Å²) >= 11 is 0. The standard InChI is InChI=1S/C13H19F2NO/c1-3-8-16-9-7-13(2,17)10-5-4-6-11(14)12(10)15/h4-6,16-17H,3,7-9H2,1-2H3. The summed E-state index contributed by atoms with van der Waals surface area (Å²) in [4.78, 5) is 0. The molecule has 1 atom stereocenters. The first-order valence-electron chi connectivity index (χ1n) is 5.86. The molecule has 0 radical (unpaired) electrons. The number of hydrogen-bond donors (Lipinski definition) is 2. The third-order valence-electron chi connectivity index (χ3n) is 2.75. The Kier molecular flexibility index (Phi) is 5.02. The molecule has 0 spiro atoms. The molecule has 1 aromatic carbocycles. The van der Waals surface area contributed by atoms with E-state index in [4.69, 9.17) is 0 Å². The molecule has 1 unspecified atom stereocenters. The Morgan fingerprint density at radius 3 is 2.65 bits per heavy atom. The van der Waals surface area contributed by atoms with Crippen LogP contribution in [0.15, 0.2) is 18.2 Å². The maximum atomic E-state index is 13.5. The van der Waals surface area contributed by atoms with E-state index in [1.165, 1.54) is 19.1 Å². The Hall–Kier alpha value is -1.00. The Labute approximate surface area is 101 Å². The molecule has 2 N–H and O–H groups in total. The topological polar surface area (TPSA) is 32.3 Å². The number of nitrogens with one attached hydrogen (secondary N) is 1. The predicted molar refractivity (Wildman–Crippen MR) is 63.7 cm³/mol. The second kappa shape index (κ2) is 6.07. The molecule has 0 aromatic heterocycles. The van der Waals surface area contributed by atoms with Crippen molar-refractivity contribution in [2.75, 3.05) is 13.1 Å². The third kappa shape index (κ3) is 3.75. The van der Waals surface area contributed by atoms with Crippen molar-refractivity contribution in [3.63, 3.8) is 0 Å². The molecule has 96 valence electrons. The van der Waals surface area contributed by atoms with Gasteiger partial charge in [-0.25, -0.2) is 8.78 Å². The summed E-state index contributed by atoms with van der Waals surface area (Å²) in [5, 5.41) is 13.3. The van der Waals surface area contributed by atoms with Crippen molar-refractivity contribution in [3.8, 4) is 0 Å². The van der Waals surface area contributed by atoms with Crippen molar-refractivity contribution in [2.24, 2.45) is 0 Å². The van der Waals surface area contributed by atoms with E-state index in [-0.39, 0.29) is 5.56 Å². The van der Waals surface area contributed by atoms with Gasteiger partial charge in [-0.3, -0.25) is 0 Å².